The largest absolute Gasteiger partial charge is 0.470 e. The molecule has 0 aromatic rings. The molecular weight excluding hydrogens is 284 g/mol. The van der Waals surface area contributed by atoms with Gasteiger partial charge in [0.1, 0.15) is 0 Å². The Bertz CT molecular complexity index is 275. The quantitative estimate of drug-likeness (QED) is 0.362. The minimum absolute atomic E-state index is 0.349. The van der Waals surface area contributed by atoms with Crippen LogP contribution in [0, 0.1) is 0 Å². The normalized spacial score (nSPS) is 11.2. The first kappa shape index (κ1) is 20.2. The van der Waals surface area contributed by atoms with Gasteiger partial charge in [-0.15, -0.1) is 0 Å². The average Bonchev–Trinajstić information content (AvgIpc) is 2.46. The number of hydrogen-bond donors (Lipinski definition) is 0. The second-order valence-electron chi connectivity index (χ2n) is 6.02. The molecule has 0 aliphatic heterocycles. The topological polar surface area (TPSA) is 52.6 Å². The van der Waals surface area contributed by atoms with Crippen molar-refractivity contribution in [1.82, 2.24) is 0 Å². The molecule has 0 bridgehead atoms. The zero-order valence-electron chi connectivity index (χ0n) is 14.2. The van der Waals surface area contributed by atoms with Gasteiger partial charge >= 0.3 is 8.07 Å². The molecule has 0 fully saturated rings. The zero-order chi connectivity index (χ0) is 16.1. The van der Waals surface area contributed by atoms with Gasteiger partial charge in [0, 0.05) is 0 Å². The van der Waals surface area contributed by atoms with E-state index >= 15 is 0 Å². The molecule has 21 heavy (non-hydrogen) atoms. The van der Waals surface area contributed by atoms with Gasteiger partial charge in [-0.25, -0.2) is 0 Å². The van der Waals surface area contributed by atoms with Crippen LogP contribution < -0.4 is 0 Å². The lowest BCUT2D eigenvalue weighted by molar-refractivity contribution is 0.158. The summed E-state index contributed by atoms with van der Waals surface area (Å²) in [5.74, 6) is 0. The van der Waals surface area contributed by atoms with Crippen LogP contribution in [0.4, 0.5) is 9.59 Å². The molecule has 0 aromatic carbocycles. The number of unbranched alkanes of at least 4 members (excludes halogenated alkanes) is 6. The summed E-state index contributed by atoms with van der Waals surface area (Å²) in [6, 6.07) is 0. The number of rotatable bonds is 12. The van der Waals surface area contributed by atoms with E-state index in [1.807, 2.05) is 0 Å². The summed E-state index contributed by atoms with van der Waals surface area (Å²) in [5, 5.41) is 0. The van der Waals surface area contributed by atoms with Gasteiger partial charge in [-0.3, -0.25) is 9.59 Å². The fourth-order valence-electron chi connectivity index (χ4n) is 1.83. The molecule has 0 spiro atoms. The van der Waals surface area contributed by atoms with E-state index in [-0.39, 0.29) is 11.2 Å². The standard InChI is InChI=1S/C16H32O4Si/c1-5-7-9-11-13-19-15(17)21(3,4)16(18)20-14-12-10-8-6-2/h5-14H2,1-4H3. The van der Waals surface area contributed by atoms with Gasteiger partial charge in [0.05, 0.1) is 13.2 Å². The van der Waals surface area contributed by atoms with Crippen LogP contribution in [0.15, 0.2) is 0 Å². The van der Waals surface area contributed by atoms with Crippen molar-refractivity contribution in [3.8, 4) is 0 Å². The summed E-state index contributed by atoms with van der Waals surface area (Å²) >= 11 is 0. The van der Waals surface area contributed by atoms with E-state index in [0.717, 1.165) is 51.4 Å². The average molecular weight is 317 g/mol. The van der Waals surface area contributed by atoms with Gasteiger partial charge in [-0.2, -0.15) is 0 Å². The van der Waals surface area contributed by atoms with E-state index in [2.05, 4.69) is 13.8 Å². The minimum Gasteiger partial charge on any atom is -0.470 e. The maximum Gasteiger partial charge on any atom is 0.306 e. The van der Waals surface area contributed by atoms with Gasteiger partial charge < -0.3 is 9.47 Å². The van der Waals surface area contributed by atoms with E-state index in [4.69, 9.17) is 9.47 Å². The zero-order valence-corrected chi connectivity index (χ0v) is 15.2. The molecular formula is C16H32O4Si. The van der Waals surface area contributed by atoms with Crippen LogP contribution in [0.5, 0.6) is 0 Å². The summed E-state index contributed by atoms with van der Waals surface area (Å²) in [4.78, 5) is 24.0. The maximum atomic E-state index is 12.0. The van der Waals surface area contributed by atoms with E-state index < -0.39 is 8.07 Å². The summed E-state index contributed by atoms with van der Waals surface area (Å²) < 4.78 is 10.5. The van der Waals surface area contributed by atoms with Crippen LogP contribution in [0.2, 0.25) is 13.1 Å². The molecule has 0 amide bonds. The molecule has 4 nitrogen and oxygen atoms in total. The van der Waals surface area contributed by atoms with E-state index in [9.17, 15) is 9.59 Å². The molecule has 0 rings (SSSR count). The van der Waals surface area contributed by atoms with E-state index in [1.54, 1.807) is 13.1 Å². The Balaban J connectivity index is 3.95. The van der Waals surface area contributed by atoms with Gasteiger partial charge in [0.2, 0.25) is 0 Å². The SMILES string of the molecule is CCCCCCOC(=O)[Si](C)(C)C(=O)OCCCCCC. The monoisotopic (exact) mass is 316 g/mol. The van der Waals surface area contributed by atoms with Crippen LogP contribution in [-0.4, -0.2) is 32.5 Å². The molecule has 0 N–H and O–H groups in total. The molecule has 0 unspecified atom stereocenters. The number of hydrogen-bond acceptors (Lipinski definition) is 4. The molecule has 0 aliphatic carbocycles. The maximum absolute atomic E-state index is 12.0. The molecule has 0 aliphatic rings. The Labute approximate surface area is 130 Å². The Morgan fingerprint density at radius 3 is 1.43 bits per heavy atom. The van der Waals surface area contributed by atoms with E-state index in [1.165, 1.54) is 0 Å². The Hall–Kier alpha value is -0.843. The van der Waals surface area contributed by atoms with Crippen LogP contribution in [0.25, 0.3) is 0 Å². The van der Waals surface area contributed by atoms with Crippen molar-refractivity contribution < 1.29 is 19.1 Å². The molecule has 124 valence electrons. The molecule has 0 atom stereocenters. The number of carbonyl (C=O) groups excluding carboxylic acids is 2. The van der Waals surface area contributed by atoms with Crippen molar-refractivity contribution in [1.29, 1.82) is 0 Å². The van der Waals surface area contributed by atoms with E-state index in [0.29, 0.717) is 13.2 Å². The second kappa shape index (κ2) is 11.8. The van der Waals surface area contributed by atoms with Crippen LogP contribution in [-0.2, 0) is 9.47 Å². The lowest BCUT2D eigenvalue weighted by Gasteiger charge is -2.18. The highest BCUT2D eigenvalue weighted by molar-refractivity contribution is 7.22. The van der Waals surface area contributed by atoms with Gasteiger partial charge in [0.15, 0.2) is 0 Å². The minimum atomic E-state index is -2.77. The van der Waals surface area contributed by atoms with Crippen LogP contribution >= 0.6 is 0 Å². The summed E-state index contributed by atoms with van der Waals surface area (Å²) in [6.07, 6.45) is 8.47. The predicted molar refractivity (Wildman–Crippen MR) is 88.5 cm³/mol. The fourth-order valence-corrected chi connectivity index (χ4v) is 2.92. The third-order valence-electron chi connectivity index (χ3n) is 3.48. The number of ether oxygens (including phenoxy) is 2. The van der Waals surface area contributed by atoms with Gasteiger partial charge in [-0.1, -0.05) is 52.4 Å². The third-order valence-corrected chi connectivity index (χ3v) is 5.81. The van der Waals surface area contributed by atoms with Gasteiger partial charge in [0.25, 0.3) is 11.2 Å². The van der Waals surface area contributed by atoms with Crippen molar-refractivity contribution in [3.05, 3.63) is 0 Å². The highest BCUT2D eigenvalue weighted by atomic mass is 28.3. The Morgan fingerprint density at radius 1 is 0.714 bits per heavy atom. The van der Waals surface area contributed by atoms with Crippen molar-refractivity contribution in [2.75, 3.05) is 13.2 Å². The van der Waals surface area contributed by atoms with Crippen molar-refractivity contribution in [2.24, 2.45) is 0 Å². The van der Waals surface area contributed by atoms with Crippen LogP contribution in [0.1, 0.15) is 65.2 Å². The first-order valence-electron chi connectivity index (χ1n) is 8.31. The van der Waals surface area contributed by atoms with Crippen molar-refractivity contribution in [3.63, 3.8) is 0 Å². The first-order chi connectivity index (χ1) is 9.96. The van der Waals surface area contributed by atoms with Crippen molar-refractivity contribution in [2.45, 2.75) is 78.3 Å². The predicted octanol–water partition coefficient (Wildman–Crippen LogP) is 5.29. The Kier molecular flexibility index (Phi) is 11.3. The smallest absolute Gasteiger partial charge is 0.306 e. The molecule has 5 heteroatoms. The Morgan fingerprint density at radius 2 is 1.10 bits per heavy atom. The molecule has 0 aromatic heterocycles. The van der Waals surface area contributed by atoms with Crippen LogP contribution in [0.3, 0.4) is 0 Å². The molecule has 0 saturated carbocycles. The summed E-state index contributed by atoms with van der Waals surface area (Å²) in [6.45, 7) is 8.51. The molecule has 0 radical (unpaired) electrons. The summed E-state index contributed by atoms with van der Waals surface area (Å²) in [7, 11) is -2.77. The van der Waals surface area contributed by atoms with Crippen molar-refractivity contribution >= 4 is 19.3 Å². The second-order valence-corrected chi connectivity index (χ2v) is 10.1. The first-order valence-corrected chi connectivity index (χ1v) is 11.3. The van der Waals surface area contributed by atoms with Gasteiger partial charge in [-0.05, 0) is 25.9 Å². The fraction of sp³-hybridized carbons (Fsp3) is 0.875. The lowest BCUT2D eigenvalue weighted by Crippen LogP contribution is -2.47. The lowest BCUT2D eigenvalue weighted by atomic mass is 10.2. The highest BCUT2D eigenvalue weighted by Gasteiger charge is 2.43. The number of carbonyl (C=O) groups is 2. The molecule has 0 saturated heterocycles. The molecule has 0 heterocycles. The third kappa shape index (κ3) is 8.91. The summed E-state index contributed by atoms with van der Waals surface area (Å²) in [5.41, 5.74) is -0.699. The highest BCUT2D eigenvalue weighted by Crippen LogP contribution is 2.12.